The molecule has 0 radical (unpaired) electrons. The molecule has 0 atom stereocenters. The largest absolute Gasteiger partial charge is 1.00 e. The van der Waals surface area contributed by atoms with Crippen molar-refractivity contribution in [1.29, 1.82) is 5.26 Å². The average Bonchev–Trinajstić information content (AvgIpc) is 3.41. The summed E-state index contributed by atoms with van der Waals surface area (Å²) in [5.74, 6) is 1.68. The molecule has 0 saturated carbocycles. The molecule has 202 valence electrons. The molecule has 1 aromatic heterocycles. The van der Waals surface area contributed by atoms with Crippen LogP contribution in [0.3, 0.4) is 0 Å². The molecule has 0 amide bonds. The summed E-state index contributed by atoms with van der Waals surface area (Å²) in [6.45, 7) is 0. The fourth-order valence-corrected chi connectivity index (χ4v) is 7.09. The van der Waals surface area contributed by atoms with Gasteiger partial charge in [-0.05, 0) is 42.0 Å². The zero-order valence-electron chi connectivity index (χ0n) is 21.6. The van der Waals surface area contributed by atoms with Gasteiger partial charge in [0, 0.05) is 26.8 Å². The van der Waals surface area contributed by atoms with Crippen molar-refractivity contribution in [2.75, 3.05) is 21.3 Å². The molecule has 3 aromatic carbocycles. The van der Waals surface area contributed by atoms with E-state index in [1.165, 1.54) is 62.8 Å². The van der Waals surface area contributed by atoms with Crippen LogP contribution >= 0.6 is 46.3 Å². The van der Waals surface area contributed by atoms with Crippen LogP contribution in [-0.4, -0.2) is 39.9 Å². The number of rotatable bonds is 10. The monoisotopic (exact) mass is 660 g/mol. The van der Waals surface area contributed by atoms with Gasteiger partial charge in [0.2, 0.25) is 15.8 Å². The molecule has 1 heterocycles. The van der Waals surface area contributed by atoms with Crippen LogP contribution in [0.1, 0.15) is 5.56 Å². The number of halogens is 2. The maximum Gasteiger partial charge on any atom is 1.00 e. The molecule has 4 aromatic rings. The Hall–Kier alpha value is -1.57. The number of nitrogens with zero attached hydrogens (tertiary/aromatic N) is 4. The molecule has 15 heteroatoms. The number of nitriles is 1. The van der Waals surface area contributed by atoms with Gasteiger partial charge in [-0.3, -0.25) is 0 Å². The molecular formula is C25H19Cl2KN4O5S3. The molecule has 4 rings (SSSR count). The minimum atomic E-state index is -4.32. The topological polar surface area (TPSA) is 126 Å². The van der Waals surface area contributed by atoms with Crippen molar-refractivity contribution in [2.24, 2.45) is 0 Å². The average molecular weight is 662 g/mol. The summed E-state index contributed by atoms with van der Waals surface area (Å²) >= 11 is 15.0. The number of hydrogen-bond acceptors (Lipinski definition) is 10. The van der Waals surface area contributed by atoms with Gasteiger partial charge >= 0.3 is 51.4 Å². The number of hydrogen-bond donors (Lipinski definition) is 0. The van der Waals surface area contributed by atoms with E-state index in [4.69, 9.17) is 42.7 Å². The predicted octanol–water partition coefficient (Wildman–Crippen LogP) is 4.04. The van der Waals surface area contributed by atoms with Gasteiger partial charge in [0.15, 0.2) is 11.5 Å². The Bertz CT molecular complexity index is 1640. The van der Waals surface area contributed by atoms with Gasteiger partial charge in [-0.1, -0.05) is 52.9 Å². The smallest absolute Gasteiger partial charge is 0.493 e. The van der Waals surface area contributed by atoms with Crippen molar-refractivity contribution >= 4 is 56.3 Å². The van der Waals surface area contributed by atoms with Crippen LogP contribution in [0.2, 0.25) is 10.0 Å². The van der Waals surface area contributed by atoms with Crippen molar-refractivity contribution in [3.63, 3.8) is 0 Å². The number of methoxy groups -OCH3 is 3. The summed E-state index contributed by atoms with van der Waals surface area (Å²) in [6.07, 6.45) is 1.37. The van der Waals surface area contributed by atoms with E-state index in [0.29, 0.717) is 48.5 Å². The summed E-state index contributed by atoms with van der Waals surface area (Å²) in [5.41, 5.74) is 1.91. The molecule has 9 nitrogen and oxygen atoms in total. The second-order valence-corrected chi connectivity index (χ2v) is 12.1. The second-order valence-electron chi connectivity index (χ2n) is 7.69. The number of sulfonamides is 1. The van der Waals surface area contributed by atoms with E-state index in [1.807, 2.05) is 0 Å². The minimum absolute atomic E-state index is 0. The first-order valence-electron chi connectivity index (χ1n) is 10.9. The second kappa shape index (κ2) is 14.5. The third kappa shape index (κ3) is 7.43. The van der Waals surface area contributed by atoms with Gasteiger partial charge in [0.25, 0.3) is 0 Å². The maximum atomic E-state index is 13.0. The molecule has 0 N–H and O–H groups in total. The molecule has 0 fully saturated rings. The van der Waals surface area contributed by atoms with Crippen molar-refractivity contribution in [3.05, 3.63) is 68.9 Å². The third-order valence-electron chi connectivity index (χ3n) is 5.34. The third-order valence-corrected chi connectivity index (χ3v) is 9.38. The van der Waals surface area contributed by atoms with Gasteiger partial charge in [-0.2, -0.15) is 0 Å². The van der Waals surface area contributed by atoms with Crippen LogP contribution in [0.25, 0.3) is 25.9 Å². The summed E-state index contributed by atoms with van der Waals surface area (Å²) in [5, 5.41) is 19.3. The van der Waals surface area contributed by atoms with E-state index in [0.717, 1.165) is 11.1 Å². The fourth-order valence-electron chi connectivity index (χ4n) is 3.54. The van der Waals surface area contributed by atoms with Gasteiger partial charge in [-0.25, -0.2) is 8.42 Å². The van der Waals surface area contributed by atoms with Crippen molar-refractivity contribution in [1.82, 2.24) is 10.2 Å². The first-order chi connectivity index (χ1) is 18.7. The number of ether oxygens (including phenoxy) is 3. The summed E-state index contributed by atoms with van der Waals surface area (Å²) in [4.78, 5) is 0.128. The zero-order valence-corrected chi connectivity index (χ0v) is 28.7. The maximum absolute atomic E-state index is 13.0. The zero-order chi connectivity index (χ0) is 28.2. The van der Waals surface area contributed by atoms with Crippen LogP contribution in [-0.2, 0) is 15.8 Å². The quantitative estimate of drug-likeness (QED) is 0.141. The van der Waals surface area contributed by atoms with Crippen LogP contribution in [0.5, 0.6) is 17.2 Å². The van der Waals surface area contributed by atoms with Crippen LogP contribution in [0.4, 0.5) is 0 Å². The first-order valence-corrected chi connectivity index (χ1v) is 14.9. The van der Waals surface area contributed by atoms with Crippen LogP contribution < -0.4 is 65.6 Å². The summed E-state index contributed by atoms with van der Waals surface area (Å²) < 4.78 is 45.2. The van der Waals surface area contributed by atoms with Crippen molar-refractivity contribution < 1.29 is 74.0 Å². The SMILES string of the molecule is COc1cc(CSc2cc(Cl)c(-c3nnc(-c4ccc(Cl)cc4)s3)cc2S(=O)(=O)[N-]C#N)cc(OC)c1OC.[K+]. The molecule has 0 spiro atoms. The number of thioether (sulfide) groups is 1. The molecule has 0 saturated heterocycles. The Morgan fingerprint density at radius 1 is 0.975 bits per heavy atom. The van der Waals surface area contributed by atoms with E-state index < -0.39 is 10.0 Å². The summed E-state index contributed by atoms with van der Waals surface area (Å²) in [7, 11) is 0.195. The molecule has 40 heavy (non-hydrogen) atoms. The first kappa shape index (κ1) is 32.9. The van der Waals surface area contributed by atoms with E-state index in [1.54, 1.807) is 36.4 Å². The fraction of sp³-hybridized carbons (Fsp3) is 0.160. The number of aromatic nitrogens is 2. The Morgan fingerprint density at radius 2 is 1.60 bits per heavy atom. The summed E-state index contributed by atoms with van der Waals surface area (Å²) in [6, 6.07) is 13.5. The van der Waals surface area contributed by atoms with E-state index in [9.17, 15) is 8.42 Å². The normalized spacial score (nSPS) is 10.8. The van der Waals surface area contributed by atoms with Crippen molar-refractivity contribution in [3.8, 4) is 44.6 Å². The molecule has 0 unspecified atom stereocenters. The Morgan fingerprint density at radius 3 is 2.17 bits per heavy atom. The van der Waals surface area contributed by atoms with Crippen LogP contribution in [0.15, 0.2) is 58.3 Å². The van der Waals surface area contributed by atoms with E-state index in [-0.39, 0.29) is 61.3 Å². The molecule has 0 aliphatic heterocycles. The minimum Gasteiger partial charge on any atom is -0.493 e. The van der Waals surface area contributed by atoms with Gasteiger partial charge in [0.1, 0.15) is 10.0 Å². The van der Waals surface area contributed by atoms with Crippen LogP contribution in [0, 0.1) is 11.5 Å². The van der Waals surface area contributed by atoms with E-state index in [2.05, 4.69) is 14.9 Å². The molecular weight excluding hydrogens is 643 g/mol. The molecule has 0 aliphatic rings. The number of benzene rings is 3. The van der Waals surface area contributed by atoms with Crippen molar-refractivity contribution in [2.45, 2.75) is 15.5 Å². The van der Waals surface area contributed by atoms with Gasteiger partial charge in [-0.15, -0.1) is 22.0 Å². The predicted molar refractivity (Wildman–Crippen MR) is 153 cm³/mol. The standard InChI is InChI=1S/C25H19Cl2N4O5S3.K/c1-34-19-8-14(9-20(35-2)23(19)36-3)12-37-21-11-18(27)17(10-22(21)39(32,33)29-13-28)25-31-30-24(38-25)15-4-6-16(26)7-5-15;/h4-11H,12H2,1-3H3;/q-1;+1. The molecule has 0 aliphatic carbocycles. The Kier molecular flexibility index (Phi) is 12.0. The molecule has 0 bridgehead atoms. The van der Waals surface area contributed by atoms with Gasteiger partial charge < -0.3 is 24.2 Å². The Labute approximate surface area is 292 Å². The van der Waals surface area contributed by atoms with Gasteiger partial charge in [0.05, 0.1) is 31.2 Å². The Balaban J connectivity index is 0.00000441. The van der Waals surface area contributed by atoms with E-state index >= 15 is 0 Å².